The molecule has 19 heavy (non-hydrogen) atoms. The molecule has 0 fully saturated rings. The summed E-state index contributed by atoms with van der Waals surface area (Å²) in [4.78, 5) is 11.1. The molecule has 0 amide bonds. The van der Waals surface area contributed by atoms with Gasteiger partial charge in [-0.15, -0.1) is 0 Å². The van der Waals surface area contributed by atoms with Crippen molar-refractivity contribution >= 4 is 33.5 Å². The van der Waals surface area contributed by atoms with E-state index in [0.717, 1.165) is 10.0 Å². The minimum Gasteiger partial charge on any atom is -0.478 e. The van der Waals surface area contributed by atoms with Crippen molar-refractivity contribution in [2.75, 3.05) is 0 Å². The van der Waals surface area contributed by atoms with Crippen LogP contribution in [0.5, 0.6) is 11.5 Å². The molecule has 2 rings (SSSR count). The van der Waals surface area contributed by atoms with Crippen molar-refractivity contribution in [2.24, 2.45) is 0 Å². The number of halogens is 2. The Morgan fingerprint density at radius 2 is 1.95 bits per heavy atom. The van der Waals surface area contributed by atoms with Crippen LogP contribution in [0.25, 0.3) is 0 Å². The van der Waals surface area contributed by atoms with Gasteiger partial charge in [0.25, 0.3) is 0 Å². The zero-order valence-corrected chi connectivity index (χ0v) is 12.3. The van der Waals surface area contributed by atoms with Crippen LogP contribution in [0.3, 0.4) is 0 Å². The Bertz CT molecular complexity index is 641. The Morgan fingerprint density at radius 1 is 1.21 bits per heavy atom. The van der Waals surface area contributed by atoms with Gasteiger partial charge in [0.2, 0.25) is 0 Å². The summed E-state index contributed by atoms with van der Waals surface area (Å²) in [7, 11) is 0. The molecule has 0 aliphatic carbocycles. The van der Waals surface area contributed by atoms with Crippen molar-refractivity contribution in [3.63, 3.8) is 0 Å². The van der Waals surface area contributed by atoms with Gasteiger partial charge in [-0.05, 0) is 42.8 Å². The summed E-state index contributed by atoms with van der Waals surface area (Å²) in [5.41, 5.74) is 1.06. The van der Waals surface area contributed by atoms with Gasteiger partial charge >= 0.3 is 5.97 Å². The number of carboxylic acids is 1. The van der Waals surface area contributed by atoms with E-state index < -0.39 is 5.97 Å². The third-order valence-corrected chi connectivity index (χ3v) is 3.29. The number of aryl methyl sites for hydroxylation is 1. The number of hydrogen-bond donors (Lipinski definition) is 1. The van der Waals surface area contributed by atoms with Gasteiger partial charge < -0.3 is 9.84 Å². The first-order chi connectivity index (χ1) is 8.97. The highest BCUT2D eigenvalue weighted by atomic mass is 79.9. The fourth-order valence-corrected chi connectivity index (χ4v) is 2.06. The fraction of sp³-hybridized carbons (Fsp3) is 0.0714. The lowest BCUT2D eigenvalue weighted by Gasteiger charge is -2.11. The van der Waals surface area contributed by atoms with Crippen LogP contribution in [0.4, 0.5) is 0 Å². The van der Waals surface area contributed by atoms with Crippen molar-refractivity contribution in [1.29, 1.82) is 0 Å². The van der Waals surface area contributed by atoms with Crippen molar-refractivity contribution in [3.05, 3.63) is 57.0 Å². The van der Waals surface area contributed by atoms with Gasteiger partial charge in [-0.25, -0.2) is 4.79 Å². The summed E-state index contributed by atoms with van der Waals surface area (Å²) in [5.74, 6) is -0.372. The summed E-state index contributed by atoms with van der Waals surface area (Å²) in [6, 6.07) is 10.1. The highest BCUT2D eigenvalue weighted by Gasteiger charge is 2.14. The molecule has 0 atom stereocenters. The summed E-state index contributed by atoms with van der Waals surface area (Å²) in [6.07, 6.45) is 0. The zero-order chi connectivity index (χ0) is 14.0. The van der Waals surface area contributed by atoms with Gasteiger partial charge in [0.05, 0.1) is 5.02 Å². The molecule has 0 saturated carbocycles. The standard InChI is InChI=1S/C14H10BrClO3/c1-8-2-5-11(16)13(6-8)19-12-7-9(15)3-4-10(12)14(17)18/h2-7H,1H3,(H,17,18). The van der Waals surface area contributed by atoms with E-state index in [0.29, 0.717) is 10.8 Å². The lowest BCUT2D eigenvalue weighted by atomic mass is 10.2. The summed E-state index contributed by atoms with van der Waals surface area (Å²) < 4.78 is 6.35. The van der Waals surface area contributed by atoms with E-state index in [4.69, 9.17) is 21.4 Å². The summed E-state index contributed by atoms with van der Waals surface area (Å²) in [5, 5.41) is 9.56. The Labute approximate surface area is 123 Å². The molecule has 0 aliphatic heterocycles. The Balaban J connectivity index is 2.45. The highest BCUT2D eigenvalue weighted by molar-refractivity contribution is 9.10. The van der Waals surface area contributed by atoms with E-state index in [1.54, 1.807) is 24.3 Å². The Morgan fingerprint density at radius 3 is 2.63 bits per heavy atom. The molecule has 0 unspecified atom stereocenters. The molecule has 5 heteroatoms. The van der Waals surface area contributed by atoms with Crippen molar-refractivity contribution in [3.8, 4) is 11.5 Å². The molecule has 0 heterocycles. The molecule has 2 aromatic carbocycles. The number of benzene rings is 2. The lowest BCUT2D eigenvalue weighted by Crippen LogP contribution is -2.00. The van der Waals surface area contributed by atoms with Crippen LogP contribution in [0.2, 0.25) is 5.02 Å². The third-order valence-electron chi connectivity index (χ3n) is 2.48. The molecular formula is C14H10BrClO3. The quantitative estimate of drug-likeness (QED) is 0.863. The molecule has 2 aromatic rings. The fourth-order valence-electron chi connectivity index (χ4n) is 1.56. The third kappa shape index (κ3) is 3.28. The Hall–Kier alpha value is -1.52. The number of carboxylic acid groups (broad SMARTS) is 1. The van der Waals surface area contributed by atoms with Crippen LogP contribution >= 0.6 is 27.5 Å². The highest BCUT2D eigenvalue weighted by Crippen LogP contribution is 2.33. The average molecular weight is 342 g/mol. The zero-order valence-electron chi connectivity index (χ0n) is 9.98. The van der Waals surface area contributed by atoms with Crippen LogP contribution < -0.4 is 4.74 Å². The maximum absolute atomic E-state index is 11.1. The van der Waals surface area contributed by atoms with Crippen molar-refractivity contribution in [2.45, 2.75) is 6.92 Å². The molecule has 0 spiro atoms. The predicted octanol–water partition coefficient (Wildman–Crippen LogP) is 4.90. The van der Waals surface area contributed by atoms with Gasteiger partial charge in [-0.2, -0.15) is 0 Å². The molecule has 0 saturated heterocycles. The second-order valence-corrected chi connectivity index (χ2v) is 5.30. The SMILES string of the molecule is Cc1ccc(Cl)c(Oc2cc(Br)ccc2C(=O)O)c1. The summed E-state index contributed by atoms with van der Waals surface area (Å²) >= 11 is 9.32. The van der Waals surface area contributed by atoms with Crippen LogP contribution in [0.1, 0.15) is 15.9 Å². The first-order valence-corrected chi connectivity index (χ1v) is 6.61. The van der Waals surface area contributed by atoms with Gasteiger partial charge in [-0.1, -0.05) is 33.6 Å². The van der Waals surface area contributed by atoms with E-state index in [1.165, 1.54) is 6.07 Å². The molecule has 0 aromatic heterocycles. The smallest absolute Gasteiger partial charge is 0.339 e. The molecule has 0 radical (unpaired) electrons. The number of aromatic carboxylic acids is 1. The molecule has 0 bridgehead atoms. The number of ether oxygens (including phenoxy) is 1. The van der Waals surface area contributed by atoms with Crippen LogP contribution in [-0.2, 0) is 0 Å². The van der Waals surface area contributed by atoms with E-state index in [-0.39, 0.29) is 11.3 Å². The molecule has 0 aliphatic rings. The van der Waals surface area contributed by atoms with Gasteiger partial charge in [-0.3, -0.25) is 0 Å². The minimum absolute atomic E-state index is 0.0840. The normalized spacial score (nSPS) is 10.3. The largest absolute Gasteiger partial charge is 0.478 e. The molecule has 1 N–H and O–H groups in total. The van der Waals surface area contributed by atoms with Gasteiger partial charge in [0, 0.05) is 4.47 Å². The van der Waals surface area contributed by atoms with Crippen LogP contribution in [0.15, 0.2) is 40.9 Å². The molecule has 98 valence electrons. The van der Waals surface area contributed by atoms with Gasteiger partial charge in [0.1, 0.15) is 17.1 Å². The predicted molar refractivity (Wildman–Crippen MR) is 77.4 cm³/mol. The molecular weight excluding hydrogens is 332 g/mol. The van der Waals surface area contributed by atoms with E-state index in [1.807, 2.05) is 13.0 Å². The van der Waals surface area contributed by atoms with Crippen molar-refractivity contribution < 1.29 is 14.6 Å². The van der Waals surface area contributed by atoms with E-state index in [2.05, 4.69) is 15.9 Å². The monoisotopic (exact) mass is 340 g/mol. The maximum atomic E-state index is 11.1. The number of hydrogen-bond acceptors (Lipinski definition) is 2. The molecule has 3 nitrogen and oxygen atoms in total. The van der Waals surface area contributed by atoms with Crippen LogP contribution in [0, 0.1) is 6.92 Å². The number of carbonyl (C=O) groups is 1. The Kier molecular flexibility index (Phi) is 4.12. The topological polar surface area (TPSA) is 46.5 Å². The first kappa shape index (κ1) is 13.9. The summed E-state index contributed by atoms with van der Waals surface area (Å²) in [6.45, 7) is 1.90. The van der Waals surface area contributed by atoms with Gasteiger partial charge in [0.15, 0.2) is 0 Å². The van der Waals surface area contributed by atoms with E-state index in [9.17, 15) is 4.79 Å². The minimum atomic E-state index is -1.05. The van der Waals surface area contributed by atoms with Crippen molar-refractivity contribution in [1.82, 2.24) is 0 Å². The second kappa shape index (κ2) is 5.63. The average Bonchev–Trinajstić information content (AvgIpc) is 2.33. The van der Waals surface area contributed by atoms with E-state index >= 15 is 0 Å². The number of rotatable bonds is 3. The second-order valence-electron chi connectivity index (χ2n) is 3.98. The lowest BCUT2D eigenvalue weighted by molar-refractivity contribution is 0.0694. The first-order valence-electron chi connectivity index (χ1n) is 5.44. The maximum Gasteiger partial charge on any atom is 0.339 e. The van der Waals surface area contributed by atoms with Crippen LogP contribution in [-0.4, -0.2) is 11.1 Å².